The first-order valence-corrected chi connectivity index (χ1v) is 6.48. The Morgan fingerprint density at radius 2 is 1.76 bits per heavy atom. The molecule has 0 unspecified atom stereocenters. The number of ether oxygens (including phenoxy) is 2. The normalized spacial score (nSPS) is 10.1. The number of carboxylic acid groups (broad SMARTS) is 1. The fourth-order valence-electron chi connectivity index (χ4n) is 1.81. The molecule has 21 heavy (non-hydrogen) atoms. The first-order chi connectivity index (χ1) is 10.2. The highest BCUT2D eigenvalue weighted by molar-refractivity contribution is 5.87. The quantitative estimate of drug-likeness (QED) is 0.765. The molecule has 0 saturated carbocycles. The highest BCUT2D eigenvalue weighted by Crippen LogP contribution is 2.18. The molecule has 2 aromatic rings. The molecule has 0 amide bonds. The average molecular weight is 288 g/mol. The summed E-state index contributed by atoms with van der Waals surface area (Å²) in [4.78, 5) is 10.8. The molecule has 0 heterocycles. The largest absolute Gasteiger partial charge is 0.490 e. The van der Waals surface area contributed by atoms with Crippen molar-refractivity contribution < 1.29 is 24.5 Å². The van der Waals surface area contributed by atoms with E-state index in [4.69, 9.17) is 19.7 Å². The van der Waals surface area contributed by atoms with E-state index in [9.17, 15) is 4.79 Å². The Labute approximate surface area is 122 Å². The van der Waals surface area contributed by atoms with Gasteiger partial charge < -0.3 is 19.7 Å². The van der Waals surface area contributed by atoms with Gasteiger partial charge in [-0.3, -0.25) is 0 Å². The lowest BCUT2D eigenvalue weighted by Crippen LogP contribution is -2.10. The van der Waals surface area contributed by atoms with Crippen molar-refractivity contribution >= 4 is 5.97 Å². The van der Waals surface area contributed by atoms with Crippen LogP contribution < -0.4 is 9.47 Å². The van der Waals surface area contributed by atoms with Gasteiger partial charge in [0.15, 0.2) is 0 Å². The molecule has 0 aliphatic carbocycles. The zero-order valence-electron chi connectivity index (χ0n) is 11.4. The first-order valence-electron chi connectivity index (χ1n) is 6.48. The number of carbonyl (C=O) groups is 1. The summed E-state index contributed by atoms with van der Waals surface area (Å²) in [6.45, 7) is 0.495. The zero-order chi connectivity index (χ0) is 15.1. The number of carboxylic acids is 1. The van der Waals surface area contributed by atoms with E-state index in [1.165, 1.54) is 12.1 Å². The summed E-state index contributed by atoms with van der Waals surface area (Å²) in [5.41, 5.74) is 0.893. The predicted molar refractivity (Wildman–Crippen MR) is 76.8 cm³/mol. The van der Waals surface area contributed by atoms with Crippen LogP contribution in [0.25, 0.3) is 0 Å². The van der Waals surface area contributed by atoms with Gasteiger partial charge in [-0.2, -0.15) is 0 Å². The van der Waals surface area contributed by atoms with Crippen LogP contribution in [0, 0.1) is 0 Å². The molecular weight excluding hydrogens is 272 g/mol. The molecular formula is C16H16O5. The monoisotopic (exact) mass is 288 g/mol. The van der Waals surface area contributed by atoms with E-state index in [-0.39, 0.29) is 18.8 Å². The standard InChI is InChI=1S/C16H16O5/c17-11-13-4-1-2-7-15(13)21-9-8-20-14-6-3-5-12(10-14)16(18)19/h1-7,10,17H,8-9,11H2,(H,18,19). The maximum Gasteiger partial charge on any atom is 0.335 e. The van der Waals surface area contributed by atoms with Crippen molar-refractivity contribution in [2.24, 2.45) is 0 Å². The van der Waals surface area contributed by atoms with E-state index in [1.54, 1.807) is 24.3 Å². The third-order valence-corrected chi connectivity index (χ3v) is 2.83. The Hall–Kier alpha value is -2.53. The van der Waals surface area contributed by atoms with E-state index in [2.05, 4.69) is 0 Å². The molecule has 0 saturated heterocycles. The number of para-hydroxylation sites is 1. The molecule has 2 N–H and O–H groups in total. The van der Waals surface area contributed by atoms with Gasteiger partial charge in [0.1, 0.15) is 24.7 Å². The van der Waals surface area contributed by atoms with Crippen molar-refractivity contribution in [2.45, 2.75) is 6.61 Å². The smallest absolute Gasteiger partial charge is 0.335 e. The Morgan fingerprint density at radius 3 is 2.52 bits per heavy atom. The molecule has 0 atom stereocenters. The molecule has 2 aromatic carbocycles. The Kier molecular flexibility index (Phi) is 5.17. The summed E-state index contributed by atoms with van der Waals surface area (Å²) in [5.74, 6) is 0.102. The lowest BCUT2D eigenvalue weighted by molar-refractivity contribution is 0.0696. The molecule has 5 nitrogen and oxygen atoms in total. The SMILES string of the molecule is O=C(O)c1cccc(OCCOc2ccccc2CO)c1. The number of benzene rings is 2. The van der Waals surface area contributed by atoms with Crippen LogP contribution >= 0.6 is 0 Å². The van der Waals surface area contributed by atoms with Crippen LogP contribution in [0.1, 0.15) is 15.9 Å². The summed E-state index contributed by atoms with van der Waals surface area (Å²) in [5, 5.41) is 18.1. The number of hydrogen-bond acceptors (Lipinski definition) is 4. The first kappa shape index (κ1) is 14.9. The fraction of sp³-hybridized carbons (Fsp3) is 0.188. The van der Waals surface area contributed by atoms with E-state index in [1.807, 2.05) is 12.1 Å². The summed E-state index contributed by atoms with van der Waals surface area (Å²) < 4.78 is 11.0. The van der Waals surface area contributed by atoms with Crippen LogP contribution in [0.15, 0.2) is 48.5 Å². The molecule has 0 bridgehead atoms. The van der Waals surface area contributed by atoms with Gasteiger partial charge in [0.2, 0.25) is 0 Å². The average Bonchev–Trinajstić information content (AvgIpc) is 2.52. The highest BCUT2D eigenvalue weighted by Gasteiger charge is 2.04. The Balaban J connectivity index is 1.85. The van der Waals surface area contributed by atoms with Gasteiger partial charge in [0.05, 0.1) is 12.2 Å². The second-order valence-electron chi connectivity index (χ2n) is 4.30. The van der Waals surface area contributed by atoms with E-state index in [0.717, 1.165) is 0 Å². The Morgan fingerprint density at radius 1 is 1.00 bits per heavy atom. The number of hydrogen-bond donors (Lipinski definition) is 2. The van der Waals surface area contributed by atoms with Gasteiger partial charge in [0, 0.05) is 5.56 Å². The maximum atomic E-state index is 10.8. The molecule has 0 aliphatic heterocycles. The minimum atomic E-state index is -0.992. The van der Waals surface area contributed by atoms with Crippen LogP contribution in [-0.2, 0) is 6.61 Å². The van der Waals surface area contributed by atoms with E-state index in [0.29, 0.717) is 23.7 Å². The van der Waals surface area contributed by atoms with Crippen LogP contribution in [0.2, 0.25) is 0 Å². The fourth-order valence-corrected chi connectivity index (χ4v) is 1.81. The van der Waals surface area contributed by atoms with Crippen molar-refractivity contribution in [1.82, 2.24) is 0 Å². The van der Waals surface area contributed by atoms with Gasteiger partial charge >= 0.3 is 5.97 Å². The summed E-state index contributed by atoms with van der Waals surface area (Å²) in [6.07, 6.45) is 0. The molecule has 2 rings (SSSR count). The number of aliphatic hydroxyl groups is 1. The second kappa shape index (κ2) is 7.31. The molecule has 110 valence electrons. The molecule has 0 spiro atoms. The topological polar surface area (TPSA) is 76.0 Å². The highest BCUT2D eigenvalue weighted by atomic mass is 16.5. The molecule has 0 aliphatic rings. The van der Waals surface area contributed by atoms with Crippen LogP contribution in [0.3, 0.4) is 0 Å². The molecule has 0 fully saturated rings. The van der Waals surface area contributed by atoms with Crippen molar-refractivity contribution in [3.63, 3.8) is 0 Å². The van der Waals surface area contributed by atoms with Crippen LogP contribution in [-0.4, -0.2) is 29.4 Å². The molecule has 0 aromatic heterocycles. The third kappa shape index (κ3) is 4.22. The minimum Gasteiger partial charge on any atom is -0.490 e. The van der Waals surface area contributed by atoms with Crippen molar-refractivity contribution in [3.8, 4) is 11.5 Å². The summed E-state index contributed by atoms with van der Waals surface area (Å²) in [7, 11) is 0. The van der Waals surface area contributed by atoms with E-state index >= 15 is 0 Å². The van der Waals surface area contributed by atoms with E-state index < -0.39 is 5.97 Å². The lowest BCUT2D eigenvalue weighted by atomic mass is 10.2. The Bertz CT molecular complexity index is 609. The van der Waals surface area contributed by atoms with Gasteiger partial charge in [0.25, 0.3) is 0 Å². The van der Waals surface area contributed by atoms with Crippen molar-refractivity contribution in [3.05, 3.63) is 59.7 Å². The molecule has 5 heteroatoms. The van der Waals surface area contributed by atoms with Crippen molar-refractivity contribution in [1.29, 1.82) is 0 Å². The van der Waals surface area contributed by atoms with Gasteiger partial charge in [-0.25, -0.2) is 4.79 Å². The second-order valence-corrected chi connectivity index (χ2v) is 4.30. The van der Waals surface area contributed by atoms with Crippen molar-refractivity contribution in [2.75, 3.05) is 13.2 Å². The summed E-state index contributed by atoms with van der Waals surface area (Å²) >= 11 is 0. The maximum absolute atomic E-state index is 10.8. The van der Waals surface area contributed by atoms with Crippen LogP contribution in [0.5, 0.6) is 11.5 Å². The van der Waals surface area contributed by atoms with Crippen LogP contribution in [0.4, 0.5) is 0 Å². The predicted octanol–water partition coefficient (Wildman–Crippen LogP) is 2.33. The summed E-state index contributed by atoms with van der Waals surface area (Å²) in [6, 6.07) is 13.5. The zero-order valence-corrected chi connectivity index (χ0v) is 11.4. The molecule has 0 radical (unpaired) electrons. The number of aliphatic hydroxyl groups excluding tert-OH is 1. The lowest BCUT2D eigenvalue weighted by Gasteiger charge is -2.11. The van der Waals surface area contributed by atoms with Gasteiger partial charge in [-0.1, -0.05) is 24.3 Å². The van der Waals surface area contributed by atoms with Gasteiger partial charge in [-0.15, -0.1) is 0 Å². The third-order valence-electron chi connectivity index (χ3n) is 2.83. The minimum absolute atomic E-state index is 0.0856. The van der Waals surface area contributed by atoms with Gasteiger partial charge in [-0.05, 0) is 24.3 Å². The number of rotatable bonds is 7. The number of aromatic carboxylic acids is 1.